The number of carboxylic acids is 2. The van der Waals surface area contributed by atoms with Gasteiger partial charge in [0.2, 0.25) is 5.95 Å². The Bertz CT molecular complexity index is 3750. The van der Waals surface area contributed by atoms with Gasteiger partial charge in [0.25, 0.3) is 15.6 Å². The number of sulfonamides is 1. The van der Waals surface area contributed by atoms with Crippen LogP contribution in [0.2, 0.25) is 10.0 Å². The SMILES string of the molecule is CCc1ccc(COc2ccc(-n3c(=O)cc(C(F)(F)F)n(C)c3=O)cc2)c(OC(C)C(=O)OC)c1.COc1c(Cl)ccc(Cl)c1C(=O)O.COc1nc(C)nc(NC(=O)NS(=O)(=O)c2ccccc2CCC(F)(F)F)n1.C[S+](C)C.O=C(O)CNCP(=O)([O-])O. The molecule has 0 fully saturated rings. The molecule has 2 unspecified atom stereocenters. The summed E-state index contributed by atoms with van der Waals surface area (Å²) in [4.78, 5) is 97.9. The van der Waals surface area contributed by atoms with Gasteiger partial charge < -0.3 is 48.2 Å². The molecule has 0 radical (unpaired) electrons. The molecule has 6 rings (SSSR count). The van der Waals surface area contributed by atoms with Gasteiger partial charge in [-0.25, -0.2) is 36.9 Å². The molecule has 500 valence electrons. The van der Waals surface area contributed by atoms with Crippen LogP contribution in [0, 0.1) is 6.92 Å². The molecule has 91 heavy (non-hydrogen) atoms. The average molecular weight is 1390 g/mol. The lowest BCUT2D eigenvalue weighted by molar-refractivity contribution is -0.193. The summed E-state index contributed by atoms with van der Waals surface area (Å²) in [7, 11) is -3.29. The minimum Gasteiger partial charge on any atom is -0.778 e. The third-order valence-electron chi connectivity index (χ3n) is 10.8. The van der Waals surface area contributed by atoms with E-state index in [-0.39, 0.29) is 57.0 Å². The number of alkyl halides is 6. The average Bonchev–Trinajstić information content (AvgIpc) is 0.823. The zero-order valence-corrected chi connectivity index (χ0v) is 53.9. The molecule has 0 saturated carbocycles. The molecule has 0 bridgehead atoms. The van der Waals surface area contributed by atoms with Crippen molar-refractivity contribution in [3.8, 4) is 28.9 Å². The van der Waals surface area contributed by atoms with Crippen molar-refractivity contribution in [2.45, 2.75) is 70.0 Å². The number of halogens is 8. The number of nitrogens with zero attached hydrogens (tertiary/aromatic N) is 5. The van der Waals surface area contributed by atoms with E-state index >= 15 is 0 Å². The Labute approximate surface area is 529 Å². The van der Waals surface area contributed by atoms with Crippen LogP contribution in [0.5, 0.6) is 23.3 Å². The Kier molecular flexibility index (Phi) is 31.4. The Hall–Kier alpha value is -7.98. The van der Waals surface area contributed by atoms with Gasteiger partial charge in [0, 0.05) is 25.1 Å². The molecular weight excluding hydrogens is 1330 g/mol. The number of benzene rings is 4. The molecule has 2 amide bonds. The second-order valence-electron chi connectivity index (χ2n) is 18.5. The predicted octanol–water partition coefficient (Wildman–Crippen LogP) is 7.19. The monoisotopic (exact) mass is 1390 g/mol. The number of nitrogens with one attached hydrogen (secondary N) is 3. The Morgan fingerprint density at radius 2 is 1.46 bits per heavy atom. The number of esters is 1. The predicted molar refractivity (Wildman–Crippen MR) is 321 cm³/mol. The summed E-state index contributed by atoms with van der Waals surface area (Å²) in [5.74, 6) is -1.99. The van der Waals surface area contributed by atoms with Crippen molar-refractivity contribution >= 4 is 81.6 Å². The molecule has 4 aromatic carbocycles. The fourth-order valence-electron chi connectivity index (χ4n) is 6.83. The highest BCUT2D eigenvalue weighted by molar-refractivity contribution is 7.94. The fraction of sp³-hybridized carbons (Fsp3) is 0.352. The van der Waals surface area contributed by atoms with Crippen molar-refractivity contribution in [1.82, 2.24) is 34.1 Å². The zero-order chi connectivity index (χ0) is 69.4. The molecule has 26 nitrogen and oxygen atoms in total. The van der Waals surface area contributed by atoms with Crippen LogP contribution in [0.3, 0.4) is 0 Å². The number of carbonyl (C=O) groups is 4. The van der Waals surface area contributed by atoms with Gasteiger partial charge in [-0.3, -0.25) is 24.8 Å². The van der Waals surface area contributed by atoms with Gasteiger partial charge >= 0.3 is 48.0 Å². The van der Waals surface area contributed by atoms with Crippen molar-refractivity contribution in [3.05, 3.63) is 150 Å². The van der Waals surface area contributed by atoms with Crippen LogP contribution in [0.4, 0.5) is 37.1 Å². The largest absolute Gasteiger partial charge is 0.778 e. The fourth-order valence-corrected chi connectivity index (χ4v) is 8.87. The maximum Gasteiger partial charge on any atom is 0.431 e. The quantitative estimate of drug-likeness (QED) is 0.0190. The summed E-state index contributed by atoms with van der Waals surface area (Å²) in [5.41, 5.74) is -1.99. The lowest BCUT2D eigenvalue weighted by Gasteiger charge is -2.17. The second kappa shape index (κ2) is 36.2. The normalized spacial score (nSPS) is 12.0. The number of ether oxygens (including phenoxy) is 5. The van der Waals surface area contributed by atoms with Gasteiger partial charge in [-0.15, -0.1) is 0 Å². The van der Waals surface area contributed by atoms with Gasteiger partial charge in [-0.05, 0) is 97.2 Å². The smallest absolute Gasteiger partial charge is 0.431 e. The molecule has 2 aromatic heterocycles. The molecular formula is C54H63Cl2F6N8O18PS2. The van der Waals surface area contributed by atoms with Gasteiger partial charge in [-0.2, -0.15) is 41.3 Å². The highest BCUT2D eigenvalue weighted by atomic mass is 35.5. The lowest BCUT2D eigenvalue weighted by atomic mass is 10.1. The molecule has 0 aliphatic heterocycles. The maximum absolute atomic E-state index is 13.1. The topological polar surface area (TPSA) is 368 Å². The van der Waals surface area contributed by atoms with Crippen LogP contribution in [-0.2, 0) is 72.5 Å². The number of amides is 2. The molecule has 6 aromatic rings. The van der Waals surface area contributed by atoms with Gasteiger partial charge in [0.05, 0.1) is 73.6 Å². The van der Waals surface area contributed by atoms with Crippen LogP contribution >= 0.6 is 30.8 Å². The number of methoxy groups -OCH3 is 3. The number of aryl methyl sites for hydroxylation is 3. The Morgan fingerprint density at radius 3 is 1.98 bits per heavy atom. The number of rotatable bonds is 20. The molecule has 0 spiro atoms. The minimum absolute atomic E-state index is 0.0715. The number of hydrogen-bond acceptors (Lipinski definition) is 19. The number of anilines is 1. The summed E-state index contributed by atoms with van der Waals surface area (Å²) < 4.78 is 140. The standard InChI is InChI=1S/C25H25F3N2O6.C15H16F3N5O4S.C8H6Cl2O3.C3H8NO5P.C3H9S/c1-5-16-6-7-17(20(12-16)36-15(2)23(32)34-4)14-35-19-10-8-18(9-11-19)30-22(31)13-21(25(26,27)28)29(3)24(30)33;1-9-19-12(22-14(20-9)27-2)21-13(24)23-28(25,26)11-6-4-3-5-10(11)7-8-15(16,17)18;1-13-7-5(10)3-2-4(9)6(7)8(11)12;5-3(6)1-4-2-10(7,8)9;1-4(2)3/h6-13,15H,5,14H2,1-4H3;3-6H,7-8H2,1-2H3,(H2,19,20,21,22,23,24);2-3H,1H3,(H,11,12);4H,1-2H2,(H,5,6)(H2,7,8,9);1-3H3/q;;;;+1/p-1. The number of carbonyl (C=O) groups excluding carboxylic acids is 2. The number of hydrogen-bond donors (Lipinski definition) is 6. The number of aromatic nitrogens is 5. The van der Waals surface area contributed by atoms with E-state index in [0.717, 1.165) is 25.1 Å². The van der Waals surface area contributed by atoms with Crippen LogP contribution in [-0.4, -0.2) is 137 Å². The minimum atomic E-state index is -4.84. The van der Waals surface area contributed by atoms with E-state index in [1.54, 1.807) is 11.6 Å². The number of urea groups is 1. The number of aromatic carboxylic acids is 1. The van der Waals surface area contributed by atoms with Gasteiger partial charge in [0.1, 0.15) is 42.8 Å². The molecule has 2 atom stereocenters. The third kappa shape index (κ3) is 27.6. The van der Waals surface area contributed by atoms with E-state index < -0.39 is 108 Å². The van der Waals surface area contributed by atoms with E-state index in [4.69, 9.17) is 62.0 Å². The maximum atomic E-state index is 13.1. The van der Waals surface area contributed by atoms with Crippen molar-refractivity contribution in [2.24, 2.45) is 7.05 Å². The Morgan fingerprint density at radius 1 is 0.857 bits per heavy atom. The van der Waals surface area contributed by atoms with E-state index in [1.165, 1.54) is 82.9 Å². The van der Waals surface area contributed by atoms with Crippen molar-refractivity contribution < 1.29 is 102 Å². The van der Waals surface area contributed by atoms with Crippen LogP contribution in [0.15, 0.2) is 99.4 Å². The summed E-state index contributed by atoms with van der Waals surface area (Å²) in [6, 6.07) is 18.4. The lowest BCUT2D eigenvalue weighted by Crippen LogP contribution is -2.40. The van der Waals surface area contributed by atoms with Gasteiger partial charge in [0.15, 0.2) is 11.9 Å². The zero-order valence-electron chi connectivity index (χ0n) is 49.9. The number of aliphatic carboxylic acids is 1. The van der Waals surface area contributed by atoms with Crippen LogP contribution < -0.4 is 50.4 Å². The van der Waals surface area contributed by atoms with E-state index in [1.807, 2.05) is 30.4 Å². The number of carboxylic acid groups (broad SMARTS) is 2. The highest BCUT2D eigenvalue weighted by Gasteiger charge is 2.35. The summed E-state index contributed by atoms with van der Waals surface area (Å²) in [6.07, 6.45) is -5.23. The van der Waals surface area contributed by atoms with Crippen LogP contribution in [0.1, 0.15) is 58.8 Å². The molecule has 6 N–H and O–H groups in total. The van der Waals surface area contributed by atoms with Crippen molar-refractivity contribution in [2.75, 3.05) is 58.2 Å². The second-order valence-corrected chi connectivity index (χ2v) is 25.0. The highest BCUT2D eigenvalue weighted by Crippen LogP contribution is 2.34. The first-order valence-electron chi connectivity index (χ1n) is 25.6. The molecule has 0 aliphatic rings. The van der Waals surface area contributed by atoms with Crippen LogP contribution in [0.25, 0.3) is 5.69 Å². The first-order valence-corrected chi connectivity index (χ1v) is 32.1. The van der Waals surface area contributed by atoms with E-state index in [0.29, 0.717) is 43.2 Å². The molecule has 2 heterocycles. The van der Waals surface area contributed by atoms with E-state index in [9.17, 15) is 73.0 Å². The molecule has 37 heteroatoms. The van der Waals surface area contributed by atoms with E-state index in [2.05, 4.69) is 39.0 Å². The summed E-state index contributed by atoms with van der Waals surface area (Å²) in [5, 5.41) is 21.2. The Balaban J connectivity index is 0.000000449. The molecule has 0 saturated heterocycles. The summed E-state index contributed by atoms with van der Waals surface area (Å²) >= 11 is 11.4. The molecule has 0 aliphatic carbocycles. The summed E-state index contributed by atoms with van der Waals surface area (Å²) in [6.45, 7) is 4.65. The van der Waals surface area contributed by atoms with Crippen molar-refractivity contribution in [1.29, 1.82) is 0 Å². The first-order chi connectivity index (χ1) is 42.2. The first kappa shape index (κ1) is 79.1. The van der Waals surface area contributed by atoms with Gasteiger partial charge in [-0.1, -0.05) is 60.5 Å². The van der Waals surface area contributed by atoms with Crippen molar-refractivity contribution in [3.63, 3.8) is 0 Å². The third-order valence-corrected chi connectivity index (χ3v) is 13.5.